The molecule has 16 heteroatoms. The minimum Gasteiger partial charge on any atom is -0.322 e. The van der Waals surface area contributed by atoms with Crippen molar-refractivity contribution >= 4 is 55.7 Å². The predicted octanol–water partition coefficient (Wildman–Crippen LogP) is 4.31. The zero-order valence-electron chi connectivity index (χ0n) is 20.5. The first-order chi connectivity index (χ1) is 17.1. The normalized spacial score (nSPS) is 12.0. The van der Waals surface area contributed by atoms with E-state index >= 15 is 0 Å². The number of carbonyl (C=O) groups is 2. The minimum atomic E-state index is -5.32. The number of hydrogen-bond donors (Lipinski definition) is 2. The molecular weight excluding hydrogens is 559 g/mol. The molecule has 0 spiro atoms. The fourth-order valence-corrected chi connectivity index (χ4v) is 5.24. The molecule has 0 aliphatic heterocycles. The quantitative estimate of drug-likeness (QED) is 0.227. The second kappa shape index (κ2) is 12.8. The molecule has 0 radical (unpaired) electrons. The molecule has 2 rings (SSSR count). The summed E-state index contributed by atoms with van der Waals surface area (Å²) < 4.78 is 65.3. The van der Waals surface area contributed by atoms with Crippen LogP contribution in [0, 0.1) is 12.8 Å². The van der Waals surface area contributed by atoms with Gasteiger partial charge in [0.15, 0.2) is 5.15 Å². The van der Waals surface area contributed by atoms with Crippen LogP contribution in [0.15, 0.2) is 12.3 Å². The Morgan fingerprint density at radius 1 is 1.27 bits per heavy atom. The number of nitrogens with zero attached hydrogens (tertiary/aromatic N) is 3. The monoisotopic (exact) mass is 585 g/mol. The highest BCUT2D eigenvalue weighted by Gasteiger charge is 2.44. The summed E-state index contributed by atoms with van der Waals surface area (Å²) in [6.45, 7) is 7.90. The maximum absolute atomic E-state index is 12.6. The second-order valence-corrected chi connectivity index (χ2v) is 11.5. The van der Waals surface area contributed by atoms with Crippen LogP contribution in [0.25, 0.3) is 10.4 Å². The Bertz CT molecular complexity index is 1220. The lowest BCUT2D eigenvalue weighted by atomic mass is 10.1. The zero-order valence-corrected chi connectivity index (χ0v) is 22.9. The number of sulfonamides is 1. The summed E-state index contributed by atoms with van der Waals surface area (Å²) >= 11 is 6.82. The fraction of sp³-hybridized carbons (Fsp3) is 0.524. The van der Waals surface area contributed by atoms with Crippen LogP contribution in [0.1, 0.15) is 39.3 Å². The van der Waals surface area contributed by atoms with Gasteiger partial charge in [0.25, 0.3) is 5.91 Å². The number of amides is 1. The van der Waals surface area contributed by atoms with Gasteiger partial charge in [-0.3, -0.25) is 9.52 Å². The Morgan fingerprint density at radius 2 is 1.95 bits per heavy atom. The van der Waals surface area contributed by atoms with E-state index in [0.29, 0.717) is 29.3 Å². The molecule has 10 nitrogen and oxygen atoms in total. The molecule has 0 unspecified atom stereocenters. The van der Waals surface area contributed by atoms with Gasteiger partial charge in [0.05, 0.1) is 22.0 Å². The number of thiazole rings is 1. The number of anilines is 2. The summed E-state index contributed by atoms with van der Waals surface area (Å²) in [5, 5.41) is 2.87. The number of aromatic nitrogens is 2. The van der Waals surface area contributed by atoms with Crippen molar-refractivity contribution in [3.8, 4) is 10.4 Å². The highest BCUT2D eigenvalue weighted by molar-refractivity contribution is 7.92. The number of hydroxylamine groups is 1. The first kappa shape index (κ1) is 30.7. The van der Waals surface area contributed by atoms with E-state index in [0.717, 1.165) is 31.2 Å². The summed E-state index contributed by atoms with van der Waals surface area (Å²) in [5.74, 6) is -3.22. The molecule has 0 fully saturated rings. The van der Waals surface area contributed by atoms with Crippen LogP contribution in [-0.4, -0.2) is 55.3 Å². The molecule has 1 amide bonds. The van der Waals surface area contributed by atoms with Gasteiger partial charge in [-0.15, -0.1) is 5.06 Å². The van der Waals surface area contributed by atoms with Crippen molar-refractivity contribution in [2.75, 3.05) is 28.6 Å². The van der Waals surface area contributed by atoms with Crippen LogP contribution in [0.5, 0.6) is 0 Å². The van der Waals surface area contributed by atoms with E-state index in [9.17, 15) is 31.2 Å². The molecule has 0 aromatic carbocycles. The van der Waals surface area contributed by atoms with Crippen LogP contribution in [0.4, 0.5) is 24.0 Å². The number of aryl methyl sites for hydroxylation is 1. The number of carbonyl (C=O) groups excluding carboxylic acids is 2. The van der Waals surface area contributed by atoms with Crippen molar-refractivity contribution in [3.63, 3.8) is 0 Å². The SMILES string of the molecule is CC(=O)N(OC(=O)C(F)(F)F)c1nc(C)c(-c2cnc(Cl)c(NS(=O)(=O)CCCNCCC(C)C)c2)s1. The third kappa shape index (κ3) is 9.39. The van der Waals surface area contributed by atoms with Crippen LogP contribution in [0.2, 0.25) is 5.15 Å². The van der Waals surface area contributed by atoms with Crippen molar-refractivity contribution in [1.82, 2.24) is 15.3 Å². The number of rotatable bonds is 11. The van der Waals surface area contributed by atoms with Gasteiger partial charge in [0.2, 0.25) is 15.2 Å². The van der Waals surface area contributed by atoms with Crippen LogP contribution in [0.3, 0.4) is 0 Å². The topological polar surface area (TPSA) is 131 Å². The van der Waals surface area contributed by atoms with E-state index in [1.165, 1.54) is 19.2 Å². The fourth-order valence-electron chi connectivity index (χ4n) is 2.87. The molecule has 37 heavy (non-hydrogen) atoms. The first-order valence-corrected chi connectivity index (χ1v) is 13.9. The molecule has 206 valence electrons. The molecule has 0 saturated heterocycles. The average Bonchev–Trinajstić information content (AvgIpc) is 3.15. The van der Waals surface area contributed by atoms with Crippen molar-refractivity contribution in [1.29, 1.82) is 0 Å². The van der Waals surface area contributed by atoms with Gasteiger partial charge in [-0.1, -0.05) is 36.8 Å². The maximum Gasteiger partial charge on any atom is 0.493 e. The van der Waals surface area contributed by atoms with Gasteiger partial charge in [-0.25, -0.2) is 23.2 Å². The summed E-state index contributed by atoms with van der Waals surface area (Å²) in [6, 6.07) is 1.39. The van der Waals surface area contributed by atoms with Gasteiger partial charge in [0.1, 0.15) is 0 Å². The third-order valence-corrected chi connectivity index (χ3v) is 7.52. The Labute approximate surface area is 221 Å². The lowest BCUT2D eigenvalue weighted by Crippen LogP contribution is -2.37. The molecule has 2 N–H and O–H groups in total. The van der Waals surface area contributed by atoms with E-state index in [-0.39, 0.29) is 32.5 Å². The molecule has 0 bridgehead atoms. The zero-order chi connectivity index (χ0) is 28.0. The van der Waals surface area contributed by atoms with Crippen molar-refractivity contribution in [3.05, 3.63) is 23.1 Å². The van der Waals surface area contributed by atoms with E-state index in [1.807, 2.05) is 0 Å². The Kier molecular flexibility index (Phi) is 10.7. The number of alkyl halides is 3. The number of nitrogens with one attached hydrogen (secondary N) is 2. The minimum absolute atomic E-state index is 0.00629. The number of pyridine rings is 1. The summed E-state index contributed by atoms with van der Waals surface area (Å²) in [7, 11) is -3.76. The molecule has 2 aromatic rings. The molecule has 0 aliphatic rings. The average molecular weight is 586 g/mol. The molecule has 0 atom stereocenters. The highest BCUT2D eigenvalue weighted by Crippen LogP contribution is 2.37. The van der Waals surface area contributed by atoms with Gasteiger partial charge in [0, 0.05) is 18.7 Å². The lowest BCUT2D eigenvalue weighted by Gasteiger charge is -2.16. The molecule has 0 aliphatic carbocycles. The number of halogens is 4. The van der Waals surface area contributed by atoms with Crippen molar-refractivity contribution < 1.29 is 36.0 Å². The first-order valence-electron chi connectivity index (χ1n) is 11.0. The lowest BCUT2D eigenvalue weighted by molar-refractivity contribution is -0.201. The summed E-state index contributed by atoms with van der Waals surface area (Å²) in [4.78, 5) is 35.6. The van der Waals surface area contributed by atoms with Crippen molar-refractivity contribution in [2.45, 2.75) is 46.7 Å². The smallest absolute Gasteiger partial charge is 0.322 e. The number of hydrogen-bond acceptors (Lipinski definition) is 9. The molecule has 2 aromatic heterocycles. The standard InChI is InChI=1S/C21H27ClF3N5O5S2/c1-12(2)6-8-26-7-5-9-37(33,34)29-16-10-15(11-27-18(16)22)17-13(3)28-20(36-17)30(14(4)31)35-19(32)21(23,24)25/h10-12,26,29H,5-9H2,1-4H3. The largest absolute Gasteiger partial charge is 0.493 e. The van der Waals surface area contributed by atoms with Gasteiger partial charge in [-0.05, 0) is 44.8 Å². The Hall–Kier alpha value is -2.49. The third-order valence-electron chi connectivity index (χ3n) is 4.68. The van der Waals surface area contributed by atoms with Crippen LogP contribution < -0.4 is 15.1 Å². The Balaban J connectivity index is 2.19. The van der Waals surface area contributed by atoms with E-state index in [2.05, 4.69) is 38.7 Å². The molecule has 0 saturated carbocycles. The van der Waals surface area contributed by atoms with Gasteiger partial charge in [-0.2, -0.15) is 13.2 Å². The second-order valence-electron chi connectivity index (χ2n) is 8.37. The van der Waals surface area contributed by atoms with E-state index < -0.39 is 28.1 Å². The van der Waals surface area contributed by atoms with E-state index in [1.54, 1.807) is 0 Å². The van der Waals surface area contributed by atoms with Crippen molar-refractivity contribution in [2.24, 2.45) is 5.92 Å². The maximum atomic E-state index is 12.6. The van der Waals surface area contributed by atoms with Crippen LogP contribution >= 0.6 is 22.9 Å². The highest BCUT2D eigenvalue weighted by atomic mass is 35.5. The molecular formula is C21H27ClF3N5O5S2. The Morgan fingerprint density at radius 3 is 2.54 bits per heavy atom. The van der Waals surface area contributed by atoms with Gasteiger partial charge >= 0.3 is 12.1 Å². The van der Waals surface area contributed by atoms with E-state index in [4.69, 9.17) is 11.6 Å². The summed E-state index contributed by atoms with van der Waals surface area (Å²) in [5.41, 5.74) is 0.581. The van der Waals surface area contributed by atoms with Gasteiger partial charge < -0.3 is 10.2 Å². The summed E-state index contributed by atoms with van der Waals surface area (Å²) in [6.07, 6.45) is -2.66. The predicted molar refractivity (Wildman–Crippen MR) is 135 cm³/mol. The molecule has 2 heterocycles. The van der Waals surface area contributed by atoms with Crippen LogP contribution in [-0.2, 0) is 24.4 Å².